The van der Waals surface area contributed by atoms with Crippen LogP contribution in [-0.2, 0) is 26.2 Å². The Bertz CT molecular complexity index is 1430. The van der Waals surface area contributed by atoms with Gasteiger partial charge in [0.15, 0.2) is 0 Å². The van der Waals surface area contributed by atoms with Crippen LogP contribution in [0.2, 0.25) is 0 Å². The predicted molar refractivity (Wildman–Crippen MR) is 161 cm³/mol. The highest BCUT2D eigenvalue weighted by Gasteiger charge is 2.27. The molecule has 0 aliphatic rings. The van der Waals surface area contributed by atoms with E-state index >= 15 is 0 Å². The molecule has 0 saturated heterocycles. The Hall–Kier alpha value is -3.66. The van der Waals surface area contributed by atoms with Gasteiger partial charge in [-0.05, 0) is 49.8 Å². The van der Waals surface area contributed by atoms with Gasteiger partial charge in [-0.3, -0.25) is 9.59 Å². The molecule has 1 aromatic heterocycles. The first-order chi connectivity index (χ1) is 19.4. The van der Waals surface area contributed by atoms with Crippen LogP contribution in [0.1, 0.15) is 69.7 Å². The number of unbranched alkanes of at least 4 members (excludes halogenated alkanes) is 2. The Morgan fingerprint density at radius 2 is 1.71 bits per heavy atom. The Balaban J connectivity index is 1.72. The van der Waals surface area contributed by atoms with E-state index < -0.39 is 16.1 Å². The maximum absolute atomic E-state index is 13.2. The number of likely N-dealkylation sites (N-methyl/N-ethyl adjacent to an activating group) is 1. The molecule has 0 bridgehead atoms. The van der Waals surface area contributed by atoms with E-state index in [1.165, 1.54) is 0 Å². The summed E-state index contributed by atoms with van der Waals surface area (Å²) >= 11 is 0. The van der Waals surface area contributed by atoms with Crippen molar-refractivity contribution in [2.75, 3.05) is 11.8 Å². The highest BCUT2D eigenvalue weighted by molar-refractivity contribution is 7.92. The summed E-state index contributed by atoms with van der Waals surface area (Å²) in [4.78, 5) is 27.5. The standard InChI is InChI=1S/C31H42N4O5S/c1-7-8-9-14-29(36)35(6)27(19-21(2)3)30(37)32-20-24-15-17-25(18-16-24)26-12-10-11-13-28(26)41(38,39)34-31-22(4)23(5)33-40-31/h10-13,15-18,21,27,34H,7-9,14,19-20H2,1-6H3,(H,32,37)/t27-/m0/s1. The Morgan fingerprint density at radius 3 is 2.32 bits per heavy atom. The average Bonchev–Trinajstić information content (AvgIpc) is 3.26. The molecule has 0 saturated carbocycles. The van der Waals surface area contributed by atoms with Gasteiger partial charge in [-0.1, -0.05) is 81.2 Å². The molecule has 0 fully saturated rings. The van der Waals surface area contributed by atoms with E-state index in [2.05, 4.69) is 22.1 Å². The third kappa shape index (κ3) is 8.42. The first kappa shape index (κ1) is 31.9. The zero-order chi connectivity index (χ0) is 30.2. The molecule has 3 rings (SSSR count). The predicted octanol–water partition coefficient (Wildman–Crippen LogP) is 5.83. The molecule has 0 radical (unpaired) electrons. The van der Waals surface area contributed by atoms with E-state index in [9.17, 15) is 18.0 Å². The highest BCUT2D eigenvalue weighted by Crippen LogP contribution is 2.30. The van der Waals surface area contributed by atoms with Crippen LogP contribution < -0.4 is 10.0 Å². The third-order valence-corrected chi connectivity index (χ3v) is 8.53. The molecule has 2 aromatic carbocycles. The number of carbonyl (C=O) groups is 2. The van der Waals surface area contributed by atoms with Gasteiger partial charge >= 0.3 is 0 Å². The molecule has 2 amide bonds. The minimum atomic E-state index is -3.95. The maximum atomic E-state index is 13.2. The molecule has 3 aromatic rings. The summed E-state index contributed by atoms with van der Waals surface area (Å²) in [7, 11) is -2.24. The monoisotopic (exact) mass is 582 g/mol. The SMILES string of the molecule is CCCCCC(=O)N(C)[C@@H](CC(C)C)C(=O)NCc1ccc(-c2ccccc2S(=O)(=O)Nc2onc(C)c2C)cc1. The van der Waals surface area contributed by atoms with Crippen LogP contribution in [0.3, 0.4) is 0 Å². The number of nitrogens with zero attached hydrogens (tertiary/aromatic N) is 2. The van der Waals surface area contributed by atoms with Gasteiger partial charge in [0, 0.05) is 31.1 Å². The lowest BCUT2D eigenvalue weighted by atomic mass is 10.0. The quantitative estimate of drug-likeness (QED) is 0.231. The molecule has 10 heteroatoms. The Morgan fingerprint density at radius 1 is 1.02 bits per heavy atom. The van der Waals surface area contributed by atoms with E-state index in [1.54, 1.807) is 50.1 Å². The number of carbonyl (C=O) groups excluding carboxylic acids is 2. The summed E-state index contributed by atoms with van der Waals surface area (Å²) in [6, 6.07) is 13.6. The van der Waals surface area contributed by atoms with Gasteiger partial charge in [0.1, 0.15) is 6.04 Å². The zero-order valence-corrected chi connectivity index (χ0v) is 25.7. The van der Waals surface area contributed by atoms with Crippen molar-refractivity contribution in [3.8, 4) is 11.1 Å². The number of amides is 2. The van der Waals surface area contributed by atoms with Crippen LogP contribution in [0.5, 0.6) is 0 Å². The second-order valence-electron chi connectivity index (χ2n) is 10.8. The van der Waals surface area contributed by atoms with Crippen molar-refractivity contribution in [3.05, 3.63) is 65.4 Å². The summed E-state index contributed by atoms with van der Waals surface area (Å²) in [6.45, 7) is 9.94. The van der Waals surface area contributed by atoms with Gasteiger partial charge in [0.2, 0.25) is 17.7 Å². The molecule has 41 heavy (non-hydrogen) atoms. The molecule has 0 spiro atoms. The number of sulfonamides is 1. The molecule has 0 unspecified atom stereocenters. The maximum Gasteiger partial charge on any atom is 0.264 e. The lowest BCUT2D eigenvalue weighted by Gasteiger charge is -2.29. The number of aryl methyl sites for hydroxylation is 1. The fraction of sp³-hybridized carbons (Fsp3) is 0.452. The number of benzene rings is 2. The molecule has 0 aliphatic carbocycles. The molecule has 2 N–H and O–H groups in total. The molecule has 1 heterocycles. The smallest absolute Gasteiger partial charge is 0.264 e. The number of nitrogens with one attached hydrogen (secondary N) is 2. The first-order valence-electron chi connectivity index (χ1n) is 14.1. The molecular weight excluding hydrogens is 540 g/mol. The second kappa shape index (κ2) is 14.3. The van der Waals surface area contributed by atoms with Gasteiger partial charge < -0.3 is 14.7 Å². The number of anilines is 1. The Labute approximate surface area is 243 Å². The summed E-state index contributed by atoms with van der Waals surface area (Å²) in [5, 5.41) is 6.80. The van der Waals surface area contributed by atoms with Crippen molar-refractivity contribution in [2.45, 2.75) is 84.2 Å². The molecular formula is C31H42N4O5S. The minimum Gasteiger partial charge on any atom is -0.350 e. The van der Waals surface area contributed by atoms with Crippen molar-refractivity contribution in [2.24, 2.45) is 5.92 Å². The van der Waals surface area contributed by atoms with Crippen LogP contribution in [-0.4, -0.2) is 43.4 Å². The van der Waals surface area contributed by atoms with E-state index in [0.29, 0.717) is 35.2 Å². The van der Waals surface area contributed by atoms with Gasteiger partial charge in [-0.25, -0.2) is 13.1 Å². The highest BCUT2D eigenvalue weighted by atomic mass is 32.2. The third-order valence-electron chi connectivity index (χ3n) is 7.14. The van der Waals surface area contributed by atoms with Crippen molar-refractivity contribution in [1.82, 2.24) is 15.4 Å². The number of aromatic nitrogens is 1. The average molecular weight is 583 g/mol. The van der Waals surface area contributed by atoms with Gasteiger partial charge in [-0.2, -0.15) is 0 Å². The molecule has 1 atom stereocenters. The number of hydrogen-bond acceptors (Lipinski definition) is 6. The van der Waals surface area contributed by atoms with E-state index in [0.717, 1.165) is 24.8 Å². The largest absolute Gasteiger partial charge is 0.350 e. The zero-order valence-electron chi connectivity index (χ0n) is 24.9. The second-order valence-corrected chi connectivity index (χ2v) is 12.5. The first-order valence-corrected chi connectivity index (χ1v) is 15.6. The fourth-order valence-corrected chi connectivity index (χ4v) is 5.78. The minimum absolute atomic E-state index is 0.0136. The lowest BCUT2D eigenvalue weighted by Crippen LogP contribution is -2.48. The summed E-state index contributed by atoms with van der Waals surface area (Å²) in [5.41, 5.74) is 3.33. The summed E-state index contributed by atoms with van der Waals surface area (Å²) in [5.74, 6) is 0.140. The number of hydrogen-bond donors (Lipinski definition) is 2. The van der Waals surface area contributed by atoms with Gasteiger partial charge in [-0.15, -0.1) is 0 Å². The van der Waals surface area contributed by atoms with Gasteiger partial charge in [0.25, 0.3) is 10.0 Å². The van der Waals surface area contributed by atoms with Crippen LogP contribution in [0.15, 0.2) is 57.9 Å². The van der Waals surface area contributed by atoms with E-state index in [-0.39, 0.29) is 35.1 Å². The molecule has 0 aliphatic heterocycles. The Kier molecular flexibility index (Phi) is 11.1. The van der Waals surface area contributed by atoms with Crippen molar-refractivity contribution >= 4 is 27.7 Å². The van der Waals surface area contributed by atoms with Crippen molar-refractivity contribution in [1.29, 1.82) is 0 Å². The van der Waals surface area contributed by atoms with Crippen LogP contribution in [0, 0.1) is 19.8 Å². The molecule has 9 nitrogen and oxygen atoms in total. The summed E-state index contributed by atoms with van der Waals surface area (Å²) < 4.78 is 34.1. The lowest BCUT2D eigenvalue weighted by molar-refractivity contribution is -0.139. The van der Waals surface area contributed by atoms with Crippen molar-refractivity contribution in [3.63, 3.8) is 0 Å². The normalized spacial score (nSPS) is 12.3. The van der Waals surface area contributed by atoms with Gasteiger partial charge in [0.05, 0.1) is 10.6 Å². The van der Waals surface area contributed by atoms with Crippen LogP contribution in [0.4, 0.5) is 5.88 Å². The summed E-state index contributed by atoms with van der Waals surface area (Å²) in [6.07, 6.45) is 3.86. The van der Waals surface area contributed by atoms with E-state index in [1.807, 2.05) is 38.1 Å². The van der Waals surface area contributed by atoms with Crippen molar-refractivity contribution < 1.29 is 22.5 Å². The fourth-order valence-electron chi connectivity index (χ4n) is 4.50. The van der Waals surface area contributed by atoms with E-state index in [4.69, 9.17) is 4.52 Å². The topological polar surface area (TPSA) is 122 Å². The van der Waals surface area contributed by atoms with Crippen LogP contribution >= 0.6 is 0 Å². The number of rotatable bonds is 14. The molecule has 222 valence electrons. The van der Waals surface area contributed by atoms with Crippen LogP contribution in [0.25, 0.3) is 11.1 Å².